The van der Waals surface area contributed by atoms with Crippen LogP contribution >= 0.6 is 11.8 Å². The Hall–Kier alpha value is -2.62. The summed E-state index contributed by atoms with van der Waals surface area (Å²) < 4.78 is 8.68. The lowest BCUT2D eigenvalue weighted by atomic mass is 10.4. The number of hydrogen-bond acceptors (Lipinski definition) is 7. The van der Waals surface area contributed by atoms with E-state index < -0.39 is 4.92 Å². The van der Waals surface area contributed by atoms with E-state index in [4.69, 9.17) is 4.42 Å². The average Bonchev–Trinajstić information content (AvgIpc) is 3.20. The Morgan fingerprint density at radius 1 is 1.45 bits per heavy atom. The van der Waals surface area contributed by atoms with Gasteiger partial charge in [0.2, 0.25) is 0 Å². The van der Waals surface area contributed by atoms with Crippen LogP contribution in [0.25, 0.3) is 11.6 Å². The zero-order chi connectivity index (χ0) is 15.5. The highest BCUT2D eigenvalue weighted by Gasteiger charge is 2.13. The van der Waals surface area contributed by atoms with E-state index in [0.29, 0.717) is 23.9 Å². The zero-order valence-electron chi connectivity index (χ0n) is 11.6. The average molecular weight is 320 g/mol. The molecule has 114 valence electrons. The molecule has 3 aromatic heterocycles. The van der Waals surface area contributed by atoms with Crippen molar-refractivity contribution in [2.45, 2.75) is 11.7 Å². The Morgan fingerprint density at radius 3 is 3.00 bits per heavy atom. The van der Waals surface area contributed by atoms with Gasteiger partial charge in [0.15, 0.2) is 16.7 Å². The molecule has 0 N–H and O–H groups in total. The molecule has 0 aliphatic heterocycles. The van der Waals surface area contributed by atoms with Gasteiger partial charge in [-0.2, -0.15) is 5.10 Å². The predicted molar refractivity (Wildman–Crippen MR) is 78.3 cm³/mol. The van der Waals surface area contributed by atoms with Gasteiger partial charge in [0, 0.05) is 12.8 Å². The molecule has 0 fully saturated rings. The fourth-order valence-corrected chi connectivity index (χ4v) is 2.70. The number of nitrogens with zero attached hydrogens (tertiary/aromatic N) is 6. The van der Waals surface area contributed by atoms with E-state index in [9.17, 15) is 10.1 Å². The Morgan fingerprint density at radius 2 is 2.32 bits per heavy atom. The number of rotatable bonds is 6. The van der Waals surface area contributed by atoms with E-state index in [1.807, 2.05) is 17.7 Å². The largest absolute Gasteiger partial charge is 0.461 e. The second kappa shape index (κ2) is 6.02. The molecule has 10 heteroatoms. The molecule has 0 aromatic carbocycles. The van der Waals surface area contributed by atoms with Gasteiger partial charge in [-0.25, -0.2) is 0 Å². The number of aryl methyl sites for hydroxylation is 1. The molecule has 0 aliphatic rings. The summed E-state index contributed by atoms with van der Waals surface area (Å²) in [5.41, 5.74) is -0.0104. The van der Waals surface area contributed by atoms with Crippen molar-refractivity contribution in [2.24, 2.45) is 7.05 Å². The third kappa shape index (κ3) is 2.86. The molecule has 0 saturated carbocycles. The highest BCUT2D eigenvalue weighted by Crippen LogP contribution is 2.23. The third-order valence-corrected chi connectivity index (χ3v) is 3.96. The van der Waals surface area contributed by atoms with Crippen molar-refractivity contribution in [1.82, 2.24) is 24.5 Å². The summed E-state index contributed by atoms with van der Waals surface area (Å²) in [7, 11) is 1.86. The summed E-state index contributed by atoms with van der Waals surface area (Å²) in [5.74, 6) is 1.98. The Bertz CT molecular complexity index is 779. The van der Waals surface area contributed by atoms with Crippen LogP contribution in [0.4, 0.5) is 5.69 Å². The van der Waals surface area contributed by atoms with Gasteiger partial charge in [-0.1, -0.05) is 11.8 Å². The van der Waals surface area contributed by atoms with E-state index >= 15 is 0 Å². The molecular weight excluding hydrogens is 308 g/mol. The zero-order valence-corrected chi connectivity index (χ0v) is 12.4. The first-order valence-corrected chi connectivity index (χ1v) is 7.36. The van der Waals surface area contributed by atoms with E-state index in [0.717, 1.165) is 5.16 Å². The van der Waals surface area contributed by atoms with Crippen LogP contribution in [-0.2, 0) is 13.6 Å². The van der Waals surface area contributed by atoms with E-state index in [1.165, 1.54) is 28.8 Å². The first kappa shape index (κ1) is 14.3. The highest BCUT2D eigenvalue weighted by molar-refractivity contribution is 7.99. The van der Waals surface area contributed by atoms with Crippen LogP contribution in [0.5, 0.6) is 0 Å². The number of nitro groups is 1. The van der Waals surface area contributed by atoms with Crippen LogP contribution in [0.3, 0.4) is 0 Å². The van der Waals surface area contributed by atoms with Crippen molar-refractivity contribution < 1.29 is 9.34 Å². The maximum atomic E-state index is 10.6. The summed E-state index contributed by atoms with van der Waals surface area (Å²) in [4.78, 5) is 10.1. The Balaban J connectivity index is 1.61. The van der Waals surface area contributed by atoms with E-state index in [1.54, 1.807) is 12.3 Å². The first-order valence-electron chi connectivity index (χ1n) is 6.38. The maximum Gasteiger partial charge on any atom is 0.306 e. The standard InChI is InChI=1S/C12H12N6O3S/c1-16-11(10-3-2-5-21-10)14-15-12(16)22-6-4-17-8-9(7-13-17)18(19)20/h2-3,5,7-8H,4,6H2,1H3. The van der Waals surface area contributed by atoms with E-state index in [2.05, 4.69) is 15.3 Å². The molecule has 22 heavy (non-hydrogen) atoms. The van der Waals surface area contributed by atoms with Crippen molar-refractivity contribution in [3.63, 3.8) is 0 Å². The van der Waals surface area contributed by atoms with Gasteiger partial charge < -0.3 is 8.98 Å². The number of thioether (sulfide) groups is 1. The lowest BCUT2D eigenvalue weighted by Crippen LogP contribution is -2.02. The molecule has 3 heterocycles. The van der Waals surface area contributed by atoms with Gasteiger partial charge >= 0.3 is 5.69 Å². The van der Waals surface area contributed by atoms with Gasteiger partial charge in [0.25, 0.3) is 0 Å². The molecular formula is C12H12N6O3S. The normalized spacial score (nSPS) is 11.0. The first-order chi connectivity index (χ1) is 10.6. The quantitative estimate of drug-likeness (QED) is 0.388. The van der Waals surface area contributed by atoms with Crippen LogP contribution in [0.1, 0.15) is 0 Å². The van der Waals surface area contributed by atoms with Crippen molar-refractivity contribution >= 4 is 17.4 Å². The molecule has 0 bridgehead atoms. The van der Waals surface area contributed by atoms with Gasteiger partial charge in [0.05, 0.1) is 17.7 Å². The molecule has 0 aliphatic carbocycles. The number of furan rings is 1. The van der Waals surface area contributed by atoms with Crippen LogP contribution in [-0.4, -0.2) is 35.2 Å². The van der Waals surface area contributed by atoms with Gasteiger partial charge in [0.1, 0.15) is 12.4 Å². The molecule has 0 amide bonds. The highest BCUT2D eigenvalue weighted by atomic mass is 32.2. The second-order valence-electron chi connectivity index (χ2n) is 4.41. The second-order valence-corrected chi connectivity index (χ2v) is 5.47. The van der Waals surface area contributed by atoms with Gasteiger partial charge in [-0.15, -0.1) is 10.2 Å². The third-order valence-electron chi connectivity index (χ3n) is 2.96. The summed E-state index contributed by atoms with van der Waals surface area (Å²) in [5, 5.41) is 23.5. The molecule has 0 spiro atoms. The summed E-state index contributed by atoms with van der Waals surface area (Å²) >= 11 is 1.49. The van der Waals surface area contributed by atoms with Crippen LogP contribution < -0.4 is 0 Å². The predicted octanol–water partition coefficient (Wildman–Crippen LogP) is 1.97. The molecule has 3 aromatic rings. The topological polar surface area (TPSA) is 105 Å². The lowest BCUT2D eigenvalue weighted by Gasteiger charge is -2.02. The fourth-order valence-electron chi connectivity index (χ4n) is 1.86. The van der Waals surface area contributed by atoms with Crippen molar-refractivity contribution in [2.75, 3.05) is 5.75 Å². The minimum absolute atomic E-state index is 0.0104. The van der Waals surface area contributed by atoms with Gasteiger partial charge in [-0.3, -0.25) is 14.8 Å². The van der Waals surface area contributed by atoms with Gasteiger partial charge in [-0.05, 0) is 12.1 Å². The van der Waals surface area contributed by atoms with Crippen LogP contribution in [0, 0.1) is 10.1 Å². The Kier molecular flexibility index (Phi) is 3.92. The summed E-state index contributed by atoms with van der Waals surface area (Å²) in [6.45, 7) is 0.543. The van der Waals surface area contributed by atoms with Crippen LogP contribution in [0.2, 0.25) is 0 Å². The number of aromatic nitrogens is 5. The fraction of sp³-hybridized carbons (Fsp3) is 0.250. The molecule has 0 atom stereocenters. The molecule has 0 saturated heterocycles. The van der Waals surface area contributed by atoms with Crippen molar-refractivity contribution in [1.29, 1.82) is 0 Å². The Labute approximate surface area is 129 Å². The molecule has 0 radical (unpaired) electrons. The number of hydrogen-bond donors (Lipinski definition) is 0. The summed E-state index contributed by atoms with van der Waals surface area (Å²) in [6, 6.07) is 3.61. The minimum Gasteiger partial charge on any atom is -0.461 e. The lowest BCUT2D eigenvalue weighted by molar-refractivity contribution is -0.385. The van der Waals surface area contributed by atoms with Crippen LogP contribution in [0.15, 0.2) is 40.4 Å². The molecule has 0 unspecified atom stereocenters. The van der Waals surface area contributed by atoms with Crippen molar-refractivity contribution in [3.8, 4) is 11.6 Å². The van der Waals surface area contributed by atoms with E-state index in [-0.39, 0.29) is 5.69 Å². The smallest absolute Gasteiger partial charge is 0.306 e. The van der Waals surface area contributed by atoms with Crippen molar-refractivity contribution in [3.05, 3.63) is 40.9 Å². The SMILES string of the molecule is Cn1c(SCCn2cc([N+](=O)[O-])cn2)nnc1-c1ccco1. The summed E-state index contributed by atoms with van der Waals surface area (Å²) in [6.07, 6.45) is 4.23. The maximum absolute atomic E-state index is 10.6. The molecule has 3 rings (SSSR count). The monoisotopic (exact) mass is 320 g/mol. The molecule has 9 nitrogen and oxygen atoms in total. The minimum atomic E-state index is -0.463.